The highest BCUT2D eigenvalue weighted by molar-refractivity contribution is 9.10. The van der Waals surface area contributed by atoms with Crippen LogP contribution in [0.2, 0.25) is 0 Å². The van der Waals surface area contributed by atoms with Gasteiger partial charge in [0.25, 0.3) is 0 Å². The van der Waals surface area contributed by atoms with Crippen LogP contribution in [0.25, 0.3) is 10.6 Å². The van der Waals surface area contributed by atoms with Gasteiger partial charge in [-0.3, -0.25) is 4.79 Å². The first kappa shape index (κ1) is 13.2. The molecule has 6 heteroatoms. The first-order valence-electron chi connectivity index (χ1n) is 5.11. The maximum atomic E-state index is 13.7. The maximum absolute atomic E-state index is 13.7. The van der Waals surface area contributed by atoms with Gasteiger partial charge < -0.3 is 5.11 Å². The zero-order chi connectivity index (χ0) is 13.3. The zero-order valence-corrected chi connectivity index (χ0v) is 11.8. The molecule has 2 rings (SSSR count). The molecule has 94 valence electrons. The molecule has 0 aliphatic rings. The van der Waals surface area contributed by atoms with Crippen LogP contribution >= 0.6 is 27.3 Å². The number of rotatable bonds is 3. The standard InChI is InChI=1S/C12H9BrFNO2S/c1-6-10(5-11(16)17)18-12(15-6)8-4-7(13)2-3-9(8)14/h2-4H,5H2,1H3,(H,16,17). The fraction of sp³-hybridized carbons (Fsp3) is 0.167. The van der Waals surface area contributed by atoms with E-state index in [2.05, 4.69) is 20.9 Å². The molecule has 2 aromatic rings. The van der Waals surface area contributed by atoms with Crippen LogP contribution in [0.5, 0.6) is 0 Å². The van der Waals surface area contributed by atoms with Gasteiger partial charge in [0.1, 0.15) is 10.8 Å². The average Bonchev–Trinajstić information content (AvgIpc) is 2.63. The molecule has 0 aliphatic heterocycles. The second-order valence-electron chi connectivity index (χ2n) is 3.72. The highest BCUT2D eigenvalue weighted by atomic mass is 79.9. The van der Waals surface area contributed by atoms with Crippen LogP contribution in [0, 0.1) is 12.7 Å². The molecule has 1 N–H and O–H groups in total. The summed E-state index contributed by atoms with van der Waals surface area (Å²) in [5, 5.41) is 9.27. The monoisotopic (exact) mass is 329 g/mol. The Morgan fingerprint density at radius 1 is 1.56 bits per heavy atom. The number of nitrogens with zero attached hydrogens (tertiary/aromatic N) is 1. The molecule has 0 radical (unpaired) electrons. The second kappa shape index (κ2) is 5.16. The smallest absolute Gasteiger partial charge is 0.308 e. The molecule has 0 bridgehead atoms. The number of hydrogen-bond donors (Lipinski definition) is 1. The van der Waals surface area contributed by atoms with Crippen molar-refractivity contribution < 1.29 is 14.3 Å². The topological polar surface area (TPSA) is 50.2 Å². The van der Waals surface area contributed by atoms with Crippen LogP contribution in [-0.2, 0) is 11.2 Å². The van der Waals surface area contributed by atoms with E-state index in [1.165, 1.54) is 17.4 Å². The van der Waals surface area contributed by atoms with Crippen molar-refractivity contribution >= 4 is 33.2 Å². The molecule has 0 atom stereocenters. The highest BCUT2D eigenvalue weighted by Gasteiger charge is 2.15. The fourth-order valence-corrected chi connectivity index (χ4v) is 2.94. The Kier molecular flexibility index (Phi) is 3.77. The summed E-state index contributed by atoms with van der Waals surface area (Å²) in [7, 11) is 0. The Morgan fingerprint density at radius 2 is 2.28 bits per heavy atom. The molecule has 0 spiro atoms. The van der Waals surface area contributed by atoms with Crippen molar-refractivity contribution in [3.8, 4) is 10.6 Å². The molecule has 0 amide bonds. The summed E-state index contributed by atoms with van der Waals surface area (Å²) in [6.07, 6.45) is -0.0842. The van der Waals surface area contributed by atoms with E-state index in [-0.39, 0.29) is 12.2 Å². The Morgan fingerprint density at radius 3 is 2.94 bits per heavy atom. The summed E-state index contributed by atoms with van der Waals surface area (Å²) >= 11 is 4.49. The number of aryl methyl sites for hydroxylation is 1. The predicted octanol–water partition coefficient (Wildman–Crippen LogP) is 3.65. The molecule has 0 saturated carbocycles. The number of benzene rings is 1. The molecule has 1 heterocycles. The Balaban J connectivity index is 2.45. The summed E-state index contributed by atoms with van der Waals surface area (Å²) in [5.74, 6) is -1.28. The third-order valence-corrected chi connectivity index (χ3v) is 4.05. The lowest BCUT2D eigenvalue weighted by atomic mass is 10.2. The van der Waals surface area contributed by atoms with E-state index in [4.69, 9.17) is 5.11 Å². The summed E-state index contributed by atoms with van der Waals surface area (Å²) in [5.41, 5.74) is 1.02. The van der Waals surface area contributed by atoms with Gasteiger partial charge in [0, 0.05) is 14.9 Å². The first-order valence-corrected chi connectivity index (χ1v) is 6.72. The summed E-state index contributed by atoms with van der Waals surface area (Å²) in [6.45, 7) is 1.73. The quantitative estimate of drug-likeness (QED) is 0.935. The molecule has 0 aliphatic carbocycles. The van der Waals surface area contributed by atoms with E-state index in [1.54, 1.807) is 19.1 Å². The second-order valence-corrected chi connectivity index (χ2v) is 5.72. The van der Waals surface area contributed by atoms with Crippen molar-refractivity contribution in [3.05, 3.63) is 39.1 Å². The Bertz CT molecular complexity index is 612. The number of carbonyl (C=O) groups is 1. The van der Waals surface area contributed by atoms with Gasteiger partial charge >= 0.3 is 5.97 Å². The van der Waals surface area contributed by atoms with Gasteiger partial charge in [0.15, 0.2) is 0 Å². The number of halogens is 2. The van der Waals surface area contributed by atoms with Crippen molar-refractivity contribution in [1.29, 1.82) is 0 Å². The maximum Gasteiger partial charge on any atom is 0.308 e. The fourth-order valence-electron chi connectivity index (χ4n) is 1.51. The number of hydrogen-bond acceptors (Lipinski definition) is 3. The highest BCUT2D eigenvalue weighted by Crippen LogP contribution is 2.31. The predicted molar refractivity (Wildman–Crippen MR) is 71.3 cm³/mol. The van der Waals surface area contributed by atoms with Crippen LogP contribution in [0.1, 0.15) is 10.6 Å². The first-order chi connectivity index (χ1) is 8.47. The van der Waals surface area contributed by atoms with Crippen LogP contribution in [0.3, 0.4) is 0 Å². The van der Waals surface area contributed by atoms with Crippen molar-refractivity contribution in [2.75, 3.05) is 0 Å². The lowest BCUT2D eigenvalue weighted by molar-refractivity contribution is -0.136. The van der Waals surface area contributed by atoms with E-state index in [9.17, 15) is 9.18 Å². The van der Waals surface area contributed by atoms with Crippen molar-refractivity contribution in [2.45, 2.75) is 13.3 Å². The van der Waals surface area contributed by atoms with Crippen molar-refractivity contribution in [1.82, 2.24) is 4.98 Å². The van der Waals surface area contributed by atoms with Gasteiger partial charge in [0.2, 0.25) is 0 Å². The third-order valence-electron chi connectivity index (χ3n) is 2.36. The molecule has 1 aromatic carbocycles. The van der Waals surface area contributed by atoms with Gasteiger partial charge in [-0.1, -0.05) is 15.9 Å². The molecular formula is C12H9BrFNO2S. The molecule has 0 fully saturated rings. The lowest BCUT2D eigenvalue weighted by Gasteiger charge is -1.99. The molecular weight excluding hydrogens is 321 g/mol. The summed E-state index contributed by atoms with van der Waals surface area (Å²) in [6, 6.07) is 4.60. The Hall–Kier alpha value is -1.27. The van der Waals surface area contributed by atoms with Crippen LogP contribution in [-0.4, -0.2) is 16.1 Å². The van der Waals surface area contributed by atoms with E-state index >= 15 is 0 Å². The molecule has 0 saturated heterocycles. The number of carboxylic acid groups (broad SMARTS) is 1. The largest absolute Gasteiger partial charge is 0.481 e. The number of carboxylic acids is 1. The van der Waals surface area contributed by atoms with Crippen LogP contribution in [0.4, 0.5) is 4.39 Å². The minimum atomic E-state index is -0.914. The minimum Gasteiger partial charge on any atom is -0.481 e. The molecule has 3 nitrogen and oxygen atoms in total. The molecule has 18 heavy (non-hydrogen) atoms. The van der Waals surface area contributed by atoms with E-state index in [0.29, 0.717) is 21.1 Å². The normalized spacial score (nSPS) is 10.6. The number of thiazole rings is 1. The van der Waals surface area contributed by atoms with E-state index < -0.39 is 5.97 Å². The number of aliphatic carboxylic acids is 1. The van der Waals surface area contributed by atoms with E-state index in [1.807, 2.05) is 0 Å². The van der Waals surface area contributed by atoms with Gasteiger partial charge in [0.05, 0.1) is 12.1 Å². The van der Waals surface area contributed by atoms with Gasteiger partial charge in [-0.25, -0.2) is 9.37 Å². The summed E-state index contributed by atoms with van der Waals surface area (Å²) < 4.78 is 14.4. The van der Waals surface area contributed by atoms with Crippen molar-refractivity contribution in [3.63, 3.8) is 0 Å². The molecule has 1 aromatic heterocycles. The lowest BCUT2D eigenvalue weighted by Crippen LogP contribution is -1.99. The number of aromatic nitrogens is 1. The van der Waals surface area contributed by atoms with Crippen LogP contribution in [0.15, 0.2) is 22.7 Å². The van der Waals surface area contributed by atoms with Gasteiger partial charge in [-0.05, 0) is 25.1 Å². The Labute approximate surface area is 115 Å². The zero-order valence-electron chi connectivity index (χ0n) is 9.41. The molecule has 0 unspecified atom stereocenters. The van der Waals surface area contributed by atoms with Gasteiger partial charge in [-0.15, -0.1) is 11.3 Å². The van der Waals surface area contributed by atoms with Crippen LogP contribution < -0.4 is 0 Å². The minimum absolute atomic E-state index is 0.0842. The van der Waals surface area contributed by atoms with E-state index in [0.717, 1.165) is 4.47 Å². The average molecular weight is 330 g/mol. The van der Waals surface area contributed by atoms with Crippen molar-refractivity contribution in [2.24, 2.45) is 0 Å². The summed E-state index contributed by atoms with van der Waals surface area (Å²) in [4.78, 5) is 15.6. The SMILES string of the molecule is Cc1nc(-c2cc(Br)ccc2F)sc1CC(=O)O. The van der Waals surface area contributed by atoms with Gasteiger partial charge in [-0.2, -0.15) is 0 Å². The third kappa shape index (κ3) is 2.76.